The molecule has 1 unspecified atom stereocenters. The Morgan fingerprint density at radius 1 is 1.26 bits per heavy atom. The maximum atomic E-state index is 12.0. The van der Waals surface area contributed by atoms with E-state index in [1.54, 1.807) is 0 Å². The molecule has 2 rings (SSSR count). The van der Waals surface area contributed by atoms with E-state index in [-0.39, 0.29) is 11.8 Å². The number of nitrogens with two attached hydrogens (primary N) is 1. The monoisotopic (exact) mass is 256 g/mol. The molecule has 0 saturated carbocycles. The molecule has 0 aliphatic rings. The van der Waals surface area contributed by atoms with E-state index in [1.807, 2.05) is 36.4 Å². The quantitative estimate of drug-likeness (QED) is 0.864. The highest BCUT2D eigenvalue weighted by molar-refractivity contribution is 5.86. The highest BCUT2D eigenvalue weighted by Crippen LogP contribution is 2.13. The summed E-state index contributed by atoms with van der Waals surface area (Å²) >= 11 is 0. The Bertz CT molecular complexity index is 565. The van der Waals surface area contributed by atoms with Crippen LogP contribution in [0.4, 0.5) is 0 Å². The van der Waals surface area contributed by atoms with Gasteiger partial charge in [-0.05, 0) is 18.6 Å². The fraction of sp³-hybridized carbons (Fsp3) is 0.375. The number of hydrogen-bond donors (Lipinski definition) is 1. The van der Waals surface area contributed by atoms with Gasteiger partial charge in [-0.2, -0.15) is 0 Å². The number of carbonyl (C=O) groups excluding carboxylic acids is 1. The molecule has 0 saturated heterocycles. The number of Topliss-reactive ketones (excluding diaryl/α,β-unsaturated/α-hetero) is 1. The maximum absolute atomic E-state index is 12.0. The van der Waals surface area contributed by atoms with Crippen molar-refractivity contribution in [2.24, 2.45) is 5.73 Å². The fourth-order valence-corrected chi connectivity index (χ4v) is 2.10. The summed E-state index contributed by atoms with van der Waals surface area (Å²) in [5, 5.41) is 1.09. The molecule has 0 spiro atoms. The van der Waals surface area contributed by atoms with E-state index in [0.29, 0.717) is 6.42 Å². The van der Waals surface area contributed by atoms with Crippen molar-refractivity contribution >= 4 is 16.7 Å². The average Bonchev–Trinajstić information content (AvgIpc) is 2.44. The van der Waals surface area contributed by atoms with Gasteiger partial charge in [0.25, 0.3) is 0 Å². The Hall–Kier alpha value is -1.74. The van der Waals surface area contributed by atoms with Crippen LogP contribution in [0.2, 0.25) is 0 Å². The molecule has 1 heterocycles. The van der Waals surface area contributed by atoms with Crippen molar-refractivity contribution in [3.63, 3.8) is 0 Å². The molecule has 1 aromatic heterocycles. The van der Waals surface area contributed by atoms with Crippen molar-refractivity contribution in [1.82, 2.24) is 4.98 Å². The van der Waals surface area contributed by atoms with Gasteiger partial charge in [-0.1, -0.05) is 44.0 Å². The van der Waals surface area contributed by atoms with Crippen LogP contribution in [-0.4, -0.2) is 16.8 Å². The van der Waals surface area contributed by atoms with Crippen LogP contribution in [0.5, 0.6) is 0 Å². The number of aromatic nitrogens is 1. The topological polar surface area (TPSA) is 56.0 Å². The minimum absolute atomic E-state index is 0.0798. The van der Waals surface area contributed by atoms with Crippen molar-refractivity contribution in [2.45, 2.75) is 38.6 Å². The Labute approximate surface area is 113 Å². The Balaban J connectivity index is 2.06. The second-order valence-corrected chi connectivity index (χ2v) is 4.89. The number of ketones is 1. The lowest BCUT2D eigenvalue weighted by atomic mass is 10.0. The summed E-state index contributed by atoms with van der Waals surface area (Å²) in [6.07, 6.45) is 3.16. The van der Waals surface area contributed by atoms with Crippen LogP contribution in [0.15, 0.2) is 36.4 Å². The van der Waals surface area contributed by atoms with Crippen LogP contribution < -0.4 is 5.73 Å². The minimum Gasteiger partial charge on any atom is -0.321 e. The molecular weight excluding hydrogens is 236 g/mol. The number of nitrogens with zero attached hydrogens (tertiary/aromatic N) is 1. The van der Waals surface area contributed by atoms with Gasteiger partial charge in [0.05, 0.1) is 18.0 Å². The normalized spacial score (nSPS) is 12.5. The molecule has 2 aromatic rings. The number of hydrogen-bond acceptors (Lipinski definition) is 3. The zero-order valence-electron chi connectivity index (χ0n) is 11.3. The van der Waals surface area contributed by atoms with Crippen molar-refractivity contribution in [1.29, 1.82) is 0 Å². The summed E-state index contributed by atoms with van der Waals surface area (Å²) in [6, 6.07) is 11.5. The molecule has 3 heteroatoms. The molecule has 0 fully saturated rings. The van der Waals surface area contributed by atoms with Gasteiger partial charge in [0.1, 0.15) is 0 Å². The first-order chi connectivity index (χ1) is 9.20. The van der Waals surface area contributed by atoms with Gasteiger partial charge < -0.3 is 5.73 Å². The lowest BCUT2D eigenvalue weighted by Gasteiger charge is -2.09. The van der Waals surface area contributed by atoms with E-state index in [9.17, 15) is 4.79 Å². The van der Waals surface area contributed by atoms with Crippen LogP contribution in [0.25, 0.3) is 10.9 Å². The Morgan fingerprint density at radius 2 is 2.05 bits per heavy atom. The molecular formula is C16H20N2O. The third-order valence-corrected chi connectivity index (χ3v) is 3.29. The van der Waals surface area contributed by atoms with Crippen molar-refractivity contribution < 1.29 is 4.79 Å². The lowest BCUT2D eigenvalue weighted by Crippen LogP contribution is -2.31. The third kappa shape index (κ3) is 3.61. The van der Waals surface area contributed by atoms with Gasteiger partial charge in [0, 0.05) is 11.1 Å². The van der Waals surface area contributed by atoms with Gasteiger partial charge in [-0.25, -0.2) is 0 Å². The number of rotatable bonds is 6. The van der Waals surface area contributed by atoms with Crippen LogP contribution in [0.3, 0.4) is 0 Å². The minimum atomic E-state index is -0.353. The molecule has 100 valence electrons. The second kappa shape index (κ2) is 6.43. The SMILES string of the molecule is CCCCC(N)C(=O)Cc1ccc2ccccc2n1. The van der Waals surface area contributed by atoms with Crippen LogP contribution >= 0.6 is 0 Å². The summed E-state index contributed by atoms with van der Waals surface area (Å²) < 4.78 is 0. The Kier molecular flexibility index (Phi) is 4.63. The first-order valence-electron chi connectivity index (χ1n) is 6.83. The van der Waals surface area contributed by atoms with Crippen molar-refractivity contribution in [3.8, 4) is 0 Å². The highest BCUT2D eigenvalue weighted by atomic mass is 16.1. The fourth-order valence-electron chi connectivity index (χ4n) is 2.10. The summed E-state index contributed by atoms with van der Waals surface area (Å²) in [5.74, 6) is 0.0798. The zero-order valence-corrected chi connectivity index (χ0v) is 11.3. The predicted molar refractivity (Wildman–Crippen MR) is 78.0 cm³/mol. The number of fused-ring (bicyclic) bond motifs is 1. The molecule has 0 amide bonds. The number of benzene rings is 1. The first kappa shape index (κ1) is 13.7. The summed E-state index contributed by atoms with van der Waals surface area (Å²) in [6.45, 7) is 2.10. The number of para-hydroxylation sites is 1. The van der Waals surface area contributed by atoms with E-state index < -0.39 is 0 Å². The molecule has 0 radical (unpaired) electrons. The smallest absolute Gasteiger partial charge is 0.155 e. The second-order valence-electron chi connectivity index (χ2n) is 4.89. The van der Waals surface area contributed by atoms with E-state index in [0.717, 1.165) is 35.9 Å². The summed E-state index contributed by atoms with van der Waals surface area (Å²) in [4.78, 5) is 16.5. The number of unbranched alkanes of at least 4 members (excludes halogenated alkanes) is 1. The Morgan fingerprint density at radius 3 is 2.84 bits per heavy atom. The number of pyridine rings is 1. The van der Waals surface area contributed by atoms with Crippen LogP contribution in [0.1, 0.15) is 31.9 Å². The van der Waals surface area contributed by atoms with Crippen molar-refractivity contribution in [2.75, 3.05) is 0 Å². The molecule has 19 heavy (non-hydrogen) atoms. The molecule has 0 aliphatic carbocycles. The lowest BCUT2D eigenvalue weighted by molar-refractivity contribution is -0.119. The molecule has 3 nitrogen and oxygen atoms in total. The van der Waals surface area contributed by atoms with Gasteiger partial charge in [0.2, 0.25) is 0 Å². The molecule has 2 N–H and O–H groups in total. The highest BCUT2D eigenvalue weighted by Gasteiger charge is 2.14. The standard InChI is InChI=1S/C16H20N2O/c1-2-3-7-14(17)16(19)11-13-10-9-12-6-4-5-8-15(12)18-13/h4-6,8-10,14H,2-3,7,11,17H2,1H3. The van der Waals surface area contributed by atoms with Crippen LogP contribution in [0, 0.1) is 0 Å². The van der Waals surface area contributed by atoms with Gasteiger partial charge in [0.15, 0.2) is 5.78 Å². The van der Waals surface area contributed by atoms with E-state index in [1.165, 1.54) is 0 Å². The molecule has 0 aliphatic heterocycles. The first-order valence-corrected chi connectivity index (χ1v) is 6.83. The van der Waals surface area contributed by atoms with Crippen molar-refractivity contribution in [3.05, 3.63) is 42.1 Å². The maximum Gasteiger partial charge on any atom is 0.155 e. The summed E-state index contributed by atoms with van der Waals surface area (Å²) in [7, 11) is 0. The number of carbonyl (C=O) groups is 1. The van der Waals surface area contributed by atoms with Gasteiger partial charge in [-0.3, -0.25) is 9.78 Å². The van der Waals surface area contributed by atoms with Crippen LogP contribution in [-0.2, 0) is 11.2 Å². The zero-order chi connectivity index (χ0) is 13.7. The third-order valence-electron chi connectivity index (χ3n) is 3.29. The molecule has 1 aromatic carbocycles. The molecule has 0 bridgehead atoms. The van der Waals surface area contributed by atoms with Gasteiger partial charge in [-0.15, -0.1) is 0 Å². The van der Waals surface area contributed by atoms with E-state index in [2.05, 4.69) is 11.9 Å². The van der Waals surface area contributed by atoms with E-state index in [4.69, 9.17) is 5.73 Å². The van der Waals surface area contributed by atoms with Gasteiger partial charge >= 0.3 is 0 Å². The average molecular weight is 256 g/mol. The molecule has 1 atom stereocenters. The summed E-state index contributed by atoms with van der Waals surface area (Å²) in [5.41, 5.74) is 7.61. The van der Waals surface area contributed by atoms with E-state index >= 15 is 0 Å². The largest absolute Gasteiger partial charge is 0.321 e. The predicted octanol–water partition coefficient (Wildman–Crippen LogP) is 2.86.